The van der Waals surface area contributed by atoms with Crippen LogP contribution in [0.15, 0.2) is 41.8 Å². The summed E-state index contributed by atoms with van der Waals surface area (Å²) in [6, 6.07) is 13.1. The summed E-state index contributed by atoms with van der Waals surface area (Å²) in [4.78, 5) is 1.44. The molecule has 2 rings (SSSR count). The van der Waals surface area contributed by atoms with Gasteiger partial charge in [0.25, 0.3) is 0 Å². The molecule has 0 aliphatic carbocycles. The number of benzene rings is 1. The Morgan fingerprint density at radius 2 is 1.78 bits per heavy atom. The van der Waals surface area contributed by atoms with Gasteiger partial charge in [-0.1, -0.05) is 62.2 Å². The topological polar surface area (TPSA) is 0 Å². The van der Waals surface area contributed by atoms with Gasteiger partial charge in [0.2, 0.25) is 0 Å². The van der Waals surface area contributed by atoms with Crippen LogP contribution in [0.4, 0.5) is 0 Å². The molecule has 1 aromatic carbocycles. The summed E-state index contributed by atoms with van der Waals surface area (Å²) >= 11 is 9.29. The summed E-state index contributed by atoms with van der Waals surface area (Å²) in [7, 11) is 0. The van der Waals surface area contributed by atoms with Crippen molar-refractivity contribution < 1.29 is 0 Å². The molecular weight excluding hydrogens is 372 g/mol. The molecule has 0 spiro atoms. The zero-order valence-electron chi connectivity index (χ0n) is 10.3. The lowest BCUT2D eigenvalue weighted by atomic mass is 9.79. The fourth-order valence-corrected chi connectivity index (χ4v) is 5.06. The number of alkyl halides is 2. The molecule has 0 N–H and O–H groups in total. The smallest absolute Gasteiger partial charge is 0.0197 e. The second-order valence-corrected chi connectivity index (χ2v) is 6.77. The van der Waals surface area contributed by atoms with Gasteiger partial charge in [0.15, 0.2) is 0 Å². The van der Waals surface area contributed by atoms with Crippen molar-refractivity contribution in [1.82, 2.24) is 0 Å². The third-order valence-electron chi connectivity index (χ3n) is 3.32. The van der Waals surface area contributed by atoms with Crippen LogP contribution in [-0.4, -0.2) is 10.7 Å². The second kappa shape index (κ2) is 6.36. The third kappa shape index (κ3) is 2.89. The molecule has 0 fully saturated rings. The first-order chi connectivity index (χ1) is 8.72. The highest BCUT2D eigenvalue weighted by atomic mass is 79.9. The fraction of sp³-hybridized carbons (Fsp3) is 0.333. The van der Waals surface area contributed by atoms with E-state index in [0.29, 0.717) is 0 Å². The van der Waals surface area contributed by atoms with Gasteiger partial charge in [0.1, 0.15) is 0 Å². The van der Waals surface area contributed by atoms with Crippen LogP contribution in [0.1, 0.15) is 16.0 Å². The molecule has 1 heterocycles. The monoisotopic (exact) mass is 386 g/mol. The van der Waals surface area contributed by atoms with Gasteiger partial charge < -0.3 is 0 Å². The first kappa shape index (κ1) is 14.3. The third-order valence-corrected chi connectivity index (χ3v) is 6.34. The van der Waals surface area contributed by atoms with Gasteiger partial charge in [0, 0.05) is 21.0 Å². The van der Waals surface area contributed by atoms with Crippen molar-refractivity contribution in [3.05, 3.63) is 57.8 Å². The molecule has 0 radical (unpaired) electrons. The lowest BCUT2D eigenvalue weighted by molar-refractivity contribution is 0.552. The van der Waals surface area contributed by atoms with Gasteiger partial charge in [-0.3, -0.25) is 0 Å². The van der Waals surface area contributed by atoms with Crippen LogP contribution >= 0.6 is 43.2 Å². The standard InChI is InChI=1S/C15H16Br2S/c1-12-5-2-3-7-14(12)15(10-16,11-17)9-13-6-4-8-18-13/h2-8H,9-11H2,1H3. The van der Waals surface area contributed by atoms with Crippen molar-refractivity contribution >= 4 is 43.2 Å². The van der Waals surface area contributed by atoms with E-state index in [-0.39, 0.29) is 5.41 Å². The number of rotatable bonds is 5. The van der Waals surface area contributed by atoms with Gasteiger partial charge >= 0.3 is 0 Å². The van der Waals surface area contributed by atoms with Crippen molar-refractivity contribution in [1.29, 1.82) is 0 Å². The van der Waals surface area contributed by atoms with Gasteiger partial charge in [-0.2, -0.15) is 0 Å². The van der Waals surface area contributed by atoms with E-state index in [1.807, 2.05) is 11.3 Å². The van der Waals surface area contributed by atoms with Crippen LogP contribution in [0.25, 0.3) is 0 Å². The van der Waals surface area contributed by atoms with Crippen LogP contribution in [0.2, 0.25) is 0 Å². The number of hydrogen-bond acceptors (Lipinski definition) is 1. The summed E-state index contributed by atoms with van der Waals surface area (Å²) in [6.07, 6.45) is 1.08. The van der Waals surface area contributed by atoms with Gasteiger partial charge in [0.05, 0.1) is 0 Å². The largest absolute Gasteiger partial charge is 0.149 e. The van der Waals surface area contributed by atoms with Crippen molar-refractivity contribution in [2.24, 2.45) is 0 Å². The highest BCUT2D eigenvalue weighted by Crippen LogP contribution is 2.35. The Morgan fingerprint density at radius 3 is 2.33 bits per heavy atom. The minimum atomic E-state index is 0.135. The molecule has 1 aromatic heterocycles. The molecule has 96 valence electrons. The van der Waals surface area contributed by atoms with Crippen molar-refractivity contribution in [2.75, 3.05) is 10.7 Å². The Labute approximate surface area is 130 Å². The van der Waals surface area contributed by atoms with Gasteiger partial charge in [-0.05, 0) is 35.9 Å². The van der Waals surface area contributed by atoms with Crippen LogP contribution in [0, 0.1) is 6.92 Å². The average Bonchev–Trinajstić information content (AvgIpc) is 2.90. The molecule has 2 aromatic rings. The van der Waals surface area contributed by atoms with E-state index in [9.17, 15) is 0 Å². The molecule has 18 heavy (non-hydrogen) atoms. The minimum absolute atomic E-state index is 0.135. The highest BCUT2D eigenvalue weighted by Gasteiger charge is 2.31. The summed E-state index contributed by atoms with van der Waals surface area (Å²) in [5, 5.41) is 4.09. The molecule has 0 saturated carbocycles. The molecule has 0 aliphatic heterocycles. The minimum Gasteiger partial charge on any atom is -0.149 e. The van der Waals surface area contributed by atoms with Crippen LogP contribution in [0.3, 0.4) is 0 Å². The van der Waals surface area contributed by atoms with E-state index in [1.54, 1.807) is 0 Å². The summed E-state index contributed by atoms with van der Waals surface area (Å²) in [5.74, 6) is 0. The molecule has 0 aliphatic rings. The average molecular weight is 388 g/mol. The normalized spacial score (nSPS) is 11.7. The van der Waals surface area contributed by atoms with E-state index in [0.717, 1.165) is 17.1 Å². The summed E-state index contributed by atoms with van der Waals surface area (Å²) in [5.41, 5.74) is 2.94. The Kier molecular flexibility index (Phi) is 5.05. The predicted molar refractivity (Wildman–Crippen MR) is 88.5 cm³/mol. The van der Waals surface area contributed by atoms with Crippen LogP contribution < -0.4 is 0 Å². The molecule has 0 amide bonds. The quantitative estimate of drug-likeness (QED) is 0.608. The molecule has 3 heteroatoms. The fourth-order valence-electron chi connectivity index (χ4n) is 2.28. The van der Waals surface area contributed by atoms with Crippen LogP contribution in [0.5, 0.6) is 0 Å². The second-order valence-electron chi connectivity index (χ2n) is 4.62. The van der Waals surface area contributed by atoms with Crippen LogP contribution in [-0.2, 0) is 11.8 Å². The Bertz CT molecular complexity index is 487. The predicted octanol–water partition coefficient (Wildman–Crippen LogP) is 5.33. The zero-order valence-corrected chi connectivity index (χ0v) is 14.3. The van der Waals surface area contributed by atoms with Gasteiger partial charge in [-0.15, -0.1) is 11.3 Å². The molecule has 0 unspecified atom stereocenters. The van der Waals surface area contributed by atoms with E-state index in [1.165, 1.54) is 16.0 Å². The first-order valence-electron chi connectivity index (χ1n) is 5.92. The Balaban J connectivity index is 2.40. The van der Waals surface area contributed by atoms with E-state index >= 15 is 0 Å². The lowest BCUT2D eigenvalue weighted by Crippen LogP contribution is -2.33. The molecule has 0 saturated heterocycles. The molecule has 0 bridgehead atoms. The summed E-state index contributed by atoms with van der Waals surface area (Å²) in [6.45, 7) is 2.20. The Hall–Kier alpha value is -0.120. The zero-order chi connectivity index (χ0) is 13.0. The van der Waals surface area contributed by atoms with Crippen molar-refractivity contribution in [2.45, 2.75) is 18.8 Å². The van der Waals surface area contributed by atoms with E-state index < -0.39 is 0 Å². The first-order valence-corrected chi connectivity index (χ1v) is 9.04. The molecule has 0 atom stereocenters. The van der Waals surface area contributed by atoms with Gasteiger partial charge in [-0.25, -0.2) is 0 Å². The number of thiophene rings is 1. The van der Waals surface area contributed by atoms with Crippen molar-refractivity contribution in [3.8, 4) is 0 Å². The molecule has 0 nitrogen and oxygen atoms in total. The van der Waals surface area contributed by atoms with E-state index in [2.05, 4.69) is 80.6 Å². The number of halogens is 2. The maximum absolute atomic E-state index is 3.72. The maximum Gasteiger partial charge on any atom is 0.0197 e. The lowest BCUT2D eigenvalue weighted by Gasteiger charge is -2.32. The highest BCUT2D eigenvalue weighted by molar-refractivity contribution is 9.09. The Morgan fingerprint density at radius 1 is 1.06 bits per heavy atom. The SMILES string of the molecule is Cc1ccccc1C(CBr)(CBr)Cc1cccs1. The number of hydrogen-bond donors (Lipinski definition) is 0. The van der Waals surface area contributed by atoms with E-state index in [4.69, 9.17) is 0 Å². The molecular formula is C15H16Br2S. The van der Waals surface area contributed by atoms with Crippen molar-refractivity contribution in [3.63, 3.8) is 0 Å². The maximum atomic E-state index is 3.72. The number of aryl methyl sites for hydroxylation is 1. The summed E-state index contributed by atoms with van der Waals surface area (Å²) < 4.78 is 0.